The first-order chi connectivity index (χ1) is 6.41. The van der Waals surface area contributed by atoms with Crippen molar-refractivity contribution in [1.29, 1.82) is 0 Å². The van der Waals surface area contributed by atoms with Gasteiger partial charge in [-0.05, 0) is 0 Å². The van der Waals surface area contributed by atoms with Crippen molar-refractivity contribution in [2.24, 2.45) is 5.92 Å². The minimum Gasteiger partial charge on any atom is -0.480 e. The van der Waals surface area contributed by atoms with E-state index in [1.165, 1.54) is 26.0 Å². The lowest BCUT2D eigenvalue weighted by atomic mass is 10.0. The highest BCUT2D eigenvalue weighted by Crippen LogP contribution is 2.10. The van der Waals surface area contributed by atoms with Gasteiger partial charge in [-0.15, -0.1) is 0 Å². The second-order valence-electron chi connectivity index (χ2n) is 3.35. The lowest BCUT2D eigenvalue weighted by molar-refractivity contribution is -0.151. The maximum Gasteiger partial charge on any atom is 0.326 e. The van der Waals surface area contributed by atoms with Gasteiger partial charge in [0.2, 0.25) is 5.91 Å². The Morgan fingerprint density at radius 2 is 2.00 bits per heavy atom. The van der Waals surface area contributed by atoms with E-state index in [9.17, 15) is 9.59 Å². The maximum absolute atomic E-state index is 11.0. The fraction of sp³-hybridized carbons (Fsp3) is 0.778. The first kappa shape index (κ1) is 12.9. The smallest absolute Gasteiger partial charge is 0.326 e. The van der Waals surface area contributed by atoms with E-state index in [4.69, 9.17) is 9.84 Å². The Kier molecular flexibility index (Phi) is 5.15. The first-order valence-electron chi connectivity index (χ1n) is 4.37. The largest absolute Gasteiger partial charge is 0.480 e. The van der Waals surface area contributed by atoms with Gasteiger partial charge in [0, 0.05) is 27.0 Å². The molecule has 1 N–H and O–H groups in total. The van der Waals surface area contributed by atoms with Crippen molar-refractivity contribution >= 4 is 11.9 Å². The zero-order chi connectivity index (χ0) is 11.3. The number of ether oxygens (including phenoxy) is 1. The van der Waals surface area contributed by atoms with Gasteiger partial charge in [0.15, 0.2) is 0 Å². The SMILES string of the molecule is COCC(C)C(C(=O)O)N(C)C(C)=O. The van der Waals surface area contributed by atoms with Crippen molar-refractivity contribution in [2.45, 2.75) is 19.9 Å². The molecule has 5 nitrogen and oxygen atoms in total. The van der Waals surface area contributed by atoms with Crippen LogP contribution in [-0.2, 0) is 14.3 Å². The number of nitrogens with zero attached hydrogens (tertiary/aromatic N) is 1. The van der Waals surface area contributed by atoms with Crippen molar-refractivity contribution in [3.05, 3.63) is 0 Å². The third kappa shape index (κ3) is 3.33. The van der Waals surface area contributed by atoms with Crippen LogP contribution in [0.25, 0.3) is 0 Å². The molecule has 0 bridgehead atoms. The molecule has 2 atom stereocenters. The standard InChI is InChI=1S/C9H17NO4/c1-6(5-14-4)8(9(12)13)10(3)7(2)11/h6,8H,5H2,1-4H3,(H,12,13). The molecule has 0 aliphatic carbocycles. The van der Waals surface area contributed by atoms with Crippen LogP contribution in [0.4, 0.5) is 0 Å². The Morgan fingerprint density at radius 3 is 2.29 bits per heavy atom. The van der Waals surface area contributed by atoms with Crippen LogP contribution in [0.5, 0.6) is 0 Å². The molecule has 1 amide bonds. The number of likely N-dealkylation sites (N-methyl/N-ethyl adjacent to an activating group) is 1. The number of rotatable bonds is 5. The highest BCUT2D eigenvalue weighted by molar-refractivity contribution is 5.82. The molecule has 0 saturated heterocycles. The van der Waals surface area contributed by atoms with Crippen LogP contribution < -0.4 is 0 Å². The predicted octanol–water partition coefficient (Wildman–Crippen LogP) is 0.200. The second kappa shape index (κ2) is 5.59. The Bertz CT molecular complexity index is 217. The van der Waals surface area contributed by atoms with Crippen molar-refractivity contribution < 1.29 is 19.4 Å². The third-order valence-electron chi connectivity index (χ3n) is 2.14. The number of methoxy groups -OCH3 is 1. The number of hydrogen-bond donors (Lipinski definition) is 1. The number of carbonyl (C=O) groups excluding carboxylic acids is 1. The Morgan fingerprint density at radius 1 is 1.50 bits per heavy atom. The normalized spacial score (nSPS) is 14.6. The number of hydrogen-bond acceptors (Lipinski definition) is 3. The average molecular weight is 203 g/mol. The Hall–Kier alpha value is -1.10. The van der Waals surface area contributed by atoms with Crippen LogP contribution >= 0.6 is 0 Å². The second-order valence-corrected chi connectivity index (χ2v) is 3.35. The van der Waals surface area contributed by atoms with E-state index in [0.717, 1.165) is 0 Å². The molecule has 14 heavy (non-hydrogen) atoms. The summed E-state index contributed by atoms with van der Waals surface area (Å²) in [4.78, 5) is 23.1. The van der Waals surface area contributed by atoms with Crippen molar-refractivity contribution in [3.63, 3.8) is 0 Å². The van der Waals surface area contributed by atoms with Gasteiger partial charge < -0.3 is 14.7 Å². The molecule has 0 spiro atoms. The van der Waals surface area contributed by atoms with E-state index in [1.54, 1.807) is 6.92 Å². The zero-order valence-corrected chi connectivity index (χ0v) is 8.98. The lowest BCUT2D eigenvalue weighted by Crippen LogP contribution is -2.46. The van der Waals surface area contributed by atoms with Gasteiger partial charge in [-0.2, -0.15) is 0 Å². The molecular formula is C9H17NO4. The quantitative estimate of drug-likeness (QED) is 0.693. The van der Waals surface area contributed by atoms with Gasteiger partial charge in [0.25, 0.3) is 0 Å². The molecule has 0 aromatic heterocycles. The number of amides is 1. The van der Waals surface area contributed by atoms with E-state index in [2.05, 4.69) is 0 Å². The molecule has 5 heteroatoms. The fourth-order valence-corrected chi connectivity index (χ4v) is 1.34. The van der Waals surface area contributed by atoms with Crippen LogP contribution in [0, 0.1) is 5.92 Å². The molecule has 0 aromatic carbocycles. The highest BCUT2D eigenvalue weighted by Gasteiger charge is 2.30. The summed E-state index contributed by atoms with van der Waals surface area (Å²) in [5, 5.41) is 8.94. The molecular weight excluding hydrogens is 186 g/mol. The summed E-state index contributed by atoms with van der Waals surface area (Å²) in [5.41, 5.74) is 0. The van der Waals surface area contributed by atoms with E-state index >= 15 is 0 Å². The van der Waals surface area contributed by atoms with Crippen LogP contribution in [0.3, 0.4) is 0 Å². The number of carboxylic acid groups (broad SMARTS) is 1. The van der Waals surface area contributed by atoms with Crippen molar-refractivity contribution in [1.82, 2.24) is 4.90 Å². The average Bonchev–Trinajstić information content (AvgIpc) is 2.03. The molecule has 0 aliphatic rings. The minimum absolute atomic E-state index is 0.230. The van der Waals surface area contributed by atoms with Crippen LogP contribution in [-0.4, -0.2) is 48.7 Å². The van der Waals surface area contributed by atoms with E-state index in [0.29, 0.717) is 6.61 Å². The molecule has 0 radical (unpaired) electrons. The molecule has 2 unspecified atom stereocenters. The highest BCUT2D eigenvalue weighted by atomic mass is 16.5. The molecule has 0 saturated carbocycles. The van der Waals surface area contributed by atoms with E-state index in [-0.39, 0.29) is 11.8 Å². The molecule has 0 heterocycles. The molecule has 0 aromatic rings. The molecule has 0 rings (SSSR count). The number of carbonyl (C=O) groups is 2. The first-order valence-corrected chi connectivity index (χ1v) is 4.37. The molecule has 0 fully saturated rings. The summed E-state index contributed by atoms with van der Waals surface area (Å²) in [7, 11) is 2.98. The van der Waals surface area contributed by atoms with Crippen LogP contribution in [0.1, 0.15) is 13.8 Å². The topological polar surface area (TPSA) is 66.8 Å². The minimum atomic E-state index is -1.01. The van der Waals surface area contributed by atoms with Crippen LogP contribution in [0.2, 0.25) is 0 Å². The van der Waals surface area contributed by atoms with E-state index in [1.807, 2.05) is 0 Å². The predicted molar refractivity (Wildman–Crippen MR) is 50.9 cm³/mol. The fourth-order valence-electron chi connectivity index (χ4n) is 1.34. The summed E-state index contributed by atoms with van der Waals surface area (Å²) in [5.74, 6) is -1.50. The number of carboxylic acids is 1. The Labute approximate surface area is 83.6 Å². The van der Waals surface area contributed by atoms with Gasteiger partial charge in [0.1, 0.15) is 6.04 Å². The number of aliphatic carboxylic acids is 1. The summed E-state index contributed by atoms with van der Waals surface area (Å²) >= 11 is 0. The summed E-state index contributed by atoms with van der Waals surface area (Å²) in [6.45, 7) is 3.39. The van der Waals surface area contributed by atoms with Gasteiger partial charge in [-0.3, -0.25) is 4.79 Å². The summed E-state index contributed by atoms with van der Waals surface area (Å²) < 4.78 is 4.86. The molecule has 82 valence electrons. The monoisotopic (exact) mass is 203 g/mol. The van der Waals surface area contributed by atoms with Gasteiger partial charge in [-0.25, -0.2) is 4.79 Å². The Balaban J connectivity index is 4.58. The van der Waals surface area contributed by atoms with Gasteiger partial charge >= 0.3 is 5.97 Å². The summed E-state index contributed by atoms with van der Waals surface area (Å²) in [6, 6.07) is -0.826. The van der Waals surface area contributed by atoms with Gasteiger partial charge in [0.05, 0.1) is 6.61 Å². The van der Waals surface area contributed by atoms with Crippen molar-refractivity contribution in [2.75, 3.05) is 20.8 Å². The van der Waals surface area contributed by atoms with Crippen molar-refractivity contribution in [3.8, 4) is 0 Å². The lowest BCUT2D eigenvalue weighted by Gasteiger charge is -2.28. The van der Waals surface area contributed by atoms with E-state index < -0.39 is 12.0 Å². The van der Waals surface area contributed by atoms with Crippen LogP contribution in [0.15, 0.2) is 0 Å². The zero-order valence-electron chi connectivity index (χ0n) is 8.98. The summed E-state index contributed by atoms with van der Waals surface area (Å²) in [6.07, 6.45) is 0. The third-order valence-corrected chi connectivity index (χ3v) is 2.14. The van der Waals surface area contributed by atoms with Gasteiger partial charge in [-0.1, -0.05) is 6.92 Å². The maximum atomic E-state index is 11.0. The molecule has 0 aliphatic heterocycles.